The number of carbonyl (C=O) groups is 3. The predicted molar refractivity (Wildman–Crippen MR) is 116 cm³/mol. The molecular formula is C20H28ClN3O5S. The molecule has 30 heavy (non-hydrogen) atoms. The van der Waals surface area contributed by atoms with Crippen LogP contribution in [0.2, 0.25) is 5.02 Å². The molecule has 0 spiro atoms. The van der Waals surface area contributed by atoms with Gasteiger partial charge in [-0.15, -0.1) is 0 Å². The van der Waals surface area contributed by atoms with Crippen molar-refractivity contribution in [2.75, 3.05) is 11.9 Å². The molecule has 1 saturated heterocycles. The molecule has 166 valence electrons. The maximum atomic E-state index is 12.7. The van der Waals surface area contributed by atoms with Crippen molar-refractivity contribution in [2.24, 2.45) is 0 Å². The third-order valence-electron chi connectivity index (χ3n) is 5.08. The molecule has 2 rings (SSSR count). The average molecular weight is 458 g/mol. The number of rotatable bonds is 5. The molecule has 1 fully saturated rings. The van der Waals surface area contributed by atoms with Crippen molar-refractivity contribution in [3.05, 3.63) is 28.3 Å². The van der Waals surface area contributed by atoms with Crippen molar-refractivity contribution in [3.63, 3.8) is 0 Å². The first-order valence-corrected chi connectivity index (χ1v) is 11.7. The van der Waals surface area contributed by atoms with Gasteiger partial charge in [-0.05, 0) is 41.5 Å². The van der Waals surface area contributed by atoms with E-state index in [4.69, 9.17) is 11.6 Å². The Morgan fingerprint density at radius 1 is 1.13 bits per heavy atom. The van der Waals surface area contributed by atoms with E-state index in [-0.39, 0.29) is 31.2 Å². The van der Waals surface area contributed by atoms with Crippen LogP contribution in [-0.2, 0) is 19.6 Å². The summed E-state index contributed by atoms with van der Waals surface area (Å²) in [5.74, 6) is -0.901. The van der Waals surface area contributed by atoms with Gasteiger partial charge in [0.25, 0.3) is 0 Å². The van der Waals surface area contributed by atoms with Crippen molar-refractivity contribution in [1.82, 2.24) is 9.62 Å². The number of nitrogens with one attached hydrogen (secondary N) is 2. The summed E-state index contributed by atoms with van der Waals surface area (Å²) in [5.41, 5.74) is 2.12. The van der Waals surface area contributed by atoms with Gasteiger partial charge in [-0.3, -0.25) is 14.5 Å². The molecular weight excluding hydrogens is 430 g/mol. The van der Waals surface area contributed by atoms with Crippen LogP contribution >= 0.6 is 11.6 Å². The lowest BCUT2D eigenvalue weighted by molar-refractivity contribution is -0.145. The Labute approximate surface area is 182 Å². The molecule has 2 N–H and O–H groups in total. The fourth-order valence-electron chi connectivity index (χ4n) is 3.46. The van der Waals surface area contributed by atoms with Crippen LogP contribution in [0.5, 0.6) is 0 Å². The highest BCUT2D eigenvalue weighted by molar-refractivity contribution is 7.90. The number of likely N-dealkylation sites (tertiary alicyclic amines) is 1. The Balaban J connectivity index is 2.21. The van der Waals surface area contributed by atoms with Crippen LogP contribution in [0.3, 0.4) is 0 Å². The maximum absolute atomic E-state index is 12.7. The Kier molecular flexibility index (Phi) is 7.52. The summed E-state index contributed by atoms with van der Waals surface area (Å²) in [6, 6.07) is 2.60. The standard InChI is InChI=1S/C20H28ClN3O5S/c1-11(2)16-8-14(21)9-17(12(3)4)19(16)22-20(27)23-30(28,29)15-6-7-24(13(5)25)18(26)10-15/h8-9,11-12,15H,6-7,10H2,1-5H3,(H2,22,23,27). The number of imide groups is 1. The SMILES string of the molecule is CC(=O)N1CCC(S(=O)(=O)NC(=O)Nc2c(C(C)C)cc(Cl)cc2C(C)C)CC1=O. The van der Waals surface area contributed by atoms with Crippen LogP contribution in [0.1, 0.15) is 70.4 Å². The molecule has 1 atom stereocenters. The van der Waals surface area contributed by atoms with E-state index in [0.717, 1.165) is 16.0 Å². The summed E-state index contributed by atoms with van der Waals surface area (Å²) in [5, 5.41) is 2.13. The van der Waals surface area contributed by atoms with Crippen LogP contribution in [-0.4, -0.2) is 43.0 Å². The number of hydrogen-bond donors (Lipinski definition) is 2. The van der Waals surface area contributed by atoms with E-state index in [0.29, 0.717) is 10.7 Å². The minimum absolute atomic E-state index is 0.00748. The summed E-state index contributed by atoms with van der Waals surface area (Å²) in [6.45, 7) is 9.05. The monoisotopic (exact) mass is 457 g/mol. The van der Waals surface area contributed by atoms with E-state index in [2.05, 4.69) is 5.32 Å². The first-order chi connectivity index (χ1) is 13.8. The first kappa shape index (κ1) is 24.1. The lowest BCUT2D eigenvalue weighted by Gasteiger charge is -2.29. The lowest BCUT2D eigenvalue weighted by Crippen LogP contribution is -2.49. The fraction of sp³-hybridized carbons (Fsp3) is 0.550. The van der Waals surface area contributed by atoms with E-state index in [1.807, 2.05) is 32.4 Å². The molecule has 1 heterocycles. The number of hydrogen-bond acceptors (Lipinski definition) is 5. The lowest BCUT2D eigenvalue weighted by atomic mass is 9.92. The Morgan fingerprint density at radius 3 is 2.10 bits per heavy atom. The third-order valence-corrected chi connectivity index (χ3v) is 7.05. The summed E-state index contributed by atoms with van der Waals surface area (Å²) in [6.07, 6.45) is -0.277. The molecule has 1 unspecified atom stereocenters. The minimum Gasteiger partial charge on any atom is -0.307 e. The van der Waals surface area contributed by atoms with E-state index >= 15 is 0 Å². The van der Waals surface area contributed by atoms with Crippen LogP contribution in [0, 0.1) is 0 Å². The molecule has 0 radical (unpaired) electrons. The number of nitrogens with zero attached hydrogens (tertiary/aromatic N) is 1. The minimum atomic E-state index is -4.11. The van der Waals surface area contributed by atoms with Gasteiger partial charge in [-0.1, -0.05) is 39.3 Å². The van der Waals surface area contributed by atoms with Crippen molar-refractivity contribution < 1.29 is 22.8 Å². The molecule has 0 saturated carbocycles. The molecule has 1 aromatic rings. The third kappa shape index (κ3) is 5.51. The maximum Gasteiger partial charge on any atom is 0.332 e. The number of piperidine rings is 1. The van der Waals surface area contributed by atoms with Gasteiger partial charge in [-0.2, -0.15) is 0 Å². The van der Waals surface area contributed by atoms with E-state index in [1.165, 1.54) is 6.92 Å². The van der Waals surface area contributed by atoms with Gasteiger partial charge in [0, 0.05) is 30.6 Å². The van der Waals surface area contributed by atoms with Crippen LogP contribution in [0.15, 0.2) is 12.1 Å². The van der Waals surface area contributed by atoms with Crippen molar-refractivity contribution in [2.45, 2.75) is 64.5 Å². The van der Waals surface area contributed by atoms with Gasteiger partial charge >= 0.3 is 6.03 Å². The summed E-state index contributed by atoms with van der Waals surface area (Å²) in [7, 11) is -4.11. The predicted octanol–water partition coefficient (Wildman–Crippen LogP) is 3.58. The van der Waals surface area contributed by atoms with Gasteiger partial charge < -0.3 is 5.32 Å². The van der Waals surface area contributed by atoms with Crippen LogP contribution < -0.4 is 10.0 Å². The second-order valence-electron chi connectivity index (χ2n) is 8.05. The smallest absolute Gasteiger partial charge is 0.307 e. The zero-order valence-electron chi connectivity index (χ0n) is 17.8. The zero-order valence-corrected chi connectivity index (χ0v) is 19.4. The van der Waals surface area contributed by atoms with Crippen molar-refractivity contribution >= 4 is 45.2 Å². The normalized spacial score (nSPS) is 17.4. The first-order valence-electron chi connectivity index (χ1n) is 9.80. The number of anilines is 1. The average Bonchev–Trinajstić information content (AvgIpc) is 2.61. The number of sulfonamides is 1. The van der Waals surface area contributed by atoms with Gasteiger partial charge in [0.2, 0.25) is 21.8 Å². The highest BCUT2D eigenvalue weighted by atomic mass is 35.5. The molecule has 0 aliphatic carbocycles. The van der Waals surface area contributed by atoms with Gasteiger partial charge in [0.05, 0.1) is 5.25 Å². The largest absolute Gasteiger partial charge is 0.332 e. The Bertz CT molecular complexity index is 930. The van der Waals surface area contributed by atoms with E-state index in [9.17, 15) is 22.8 Å². The van der Waals surface area contributed by atoms with E-state index < -0.39 is 33.1 Å². The van der Waals surface area contributed by atoms with Crippen LogP contribution in [0.4, 0.5) is 10.5 Å². The number of benzene rings is 1. The molecule has 10 heteroatoms. The summed E-state index contributed by atoms with van der Waals surface area (Å²) in [4.78, 5) is 37.0. The van der Waals surface area contributed by atoms with E-state index in [1.54, 1.807) is 12.1 Å². The number of carbonyl (C=O) groups excluding carboxylic acids is 3. The summed E-state index contributed by atoms with van der Waals surface area (Å²) >= 11 is 6.22. The topological polar surface area (TPSA) is 113 Å². The molecule has 0 bridgehead atoms. The molecule has 1 aliphatic heterocycles. The fourth-order valence-corrected chi connectivity index (χ4v) is 4.95. The molecule has 0 aromatic heterocycles. The molecule has 4 amide bonds. The highest BCUT2D eigenvalue weighted by Crippen LogP contribution is 2.35. The van der Waals surface area contributed by atoms with Crippen molar-refractivity contribution in [3.8, 4) is 0 Å². The van der Waals surface area contributed by atoms with Crippen LogP contribution in [0.25, 0.3) is 0 Å². The van der Waals surface area contributed by atoms with Crippen molar-refractivity contribution in [1.29, 1.82) is 0 Å². The van der Waals surface area contributed by atoms with Gasteiger partial charge in [0.15, 0.2) is 0 Å². The highest BCUT2D eigenvalue weighted by Gasteiger charge is 2.37. The zero-order chi connectivity index (χ0) is 22.8. The quantitative estimate of drug-likeness (QED) is 0.701. The van der Waals surface area contributed by atoms with Gasteiger partial charge in [-0.25, -0.2) is 17.9 Å². The number of amides is 4. The second-order valence-corrected chi connectivity index (χ2v) is 10.4. The second kappa shape index (κ2) is 9.34. The summed E-state index contributed by atoms with van der Waals surface area (Å²) < 4.78 is 27.3. The number of halogens is 1. The Hall–Kier alpha value is -2.13. The number of urea groups is 1. The van der Waals surface area contributed by atoms with Gasteiger partial charge in [0.1, 0.15) is 0 Å². The molecule has 8 nitrogen and oxygen atoms in total. The molecule has 1 aromatic carbocycles. The Morgan fingerprint density at radius 2 is 1.67 bits per heavy atom. The molecule has 1 aliphatic rings.